The number of likely N-dealkylation sites (tertiary alicyclic amines) is 1. The van der Waals surface area contributed by atoms with Crippen LogP contribution in [0.15, 0.2) is 54.6 Å². The summed E-state index contributed by atoms with van der Waals surface area (Å²) in [6.07, 6.45) is 1.79. The Morgan fingerprint density at radius 1 is 1.00 bits per heavy atom. The molecule has 9 heteroatoms. The SMILES string of the molecule is CC(C)(C)OC(=O)NCCc1cccc(C(=O)NC[C@@H]2C[C@@H](CC(=O)O)C(=O)N2CCCc2ccccc2)c1. The molecule has 1 fully saturated rings. The molecule has 3 N–H and O–H groups in total. The fourth-order valence-corrected chi connectivity index (χ4v) is 4.74. The zero-order valence-electron chi connectivity index (χ0n) is 22.9. The highest BCUT2D eigenvalue weighted by atomic mass is 16.6. The van der Waals surface area contributed by atoms with E-state index in [-0.39, 0.29) is 30.8 Å². The summed E-state index contributed by atoms with van der Waals surface area (Å²) in [5.74, 6) is -2.01. The van der Waals surface area contributed by atoms with Crippen LogP contribution in [0.4, 0.5) is 4.79 Å². The van der Waals surface area contributed by atoms with Crippen LogP contribution in [0.25, 0.3) is 0 Å². The Labute approximate surface area is 229 Å². The van der Waals surface area contributed by atoms with Gasteiger partial charge in [-0.15, -0.1) is 0 Å². The maximum atomic E-state index is 13.0. The van der Waals surface area contributed by atoms with E-state index in [0.717, 1.165) is 18.4 Å². The van der Waals surface area contributed by atoms with Gasteiger partial charge in [0.1, 0.15) is 5.60 Å². The van der Waals surface area contributed by atoms with E-state index in [1.807, 2.05) is 36.4 Å². The zero-order chi connectivity index (χ0) is 28.4. The topological polar surface area (TPSA) is 125 Å². The van der Waals surface area contributed by atoms with Crippen molar-refractivity contribution in [3.63, 3.8) is 0 Å². The molecule has 0 saturated carbocycles. The Morgan fingerprint density at radius 2 is 1.72 bits per heavy atom. The summed E-state index contributed by atoms with van der Waals surface area (Å²) in [6, 6.07) is 16.9. The van der Waals surface area contributed by atoms with Crippen molar-refractivity contribution in [3.8, 4) is 0 Å². The van der Waals surface area contributed by atoms with E-state index in [0.29, 0.717) is 31.5 Å². The van der Waals surface area contributed by atoms with Gasteiger partial charge in [-0.1, -0.05) is 42.5 Å². The van der Waals surface area contributed by atoms with Crippen LogP contribution in [0.1, 0.15) is 61.5 Å². The van der Waals surface area contributed by atoms with E-state index in [1.165, 1.54) is 5.56 Å². The third kappa shape index (κ3) is 9.74. The second-order valence-electron chi connectivity index (χ2n) is 10.9. The largest absolute Gasteiger partial charge is 0.481 e. The molecule has 0 radical (unpaired) electrons. The summed E-state index contributed by atoms with van der Waals surface area (Å²) >= 11 is 0. The number of hydrogen-bond acceptors (Lipinski definition) is 5. The second kappa shape index (κ2) is 13.8. The summed E-state index contributed by atoms with van der Waals surface area (Å²) in [4.78, 5) is 50.8. The van der Waals surface area contributed by atoms with Gasteiger partial charge in [-0.05, 0) is 69.7 Å². The number of alkyl carbamates (subject to hydrolysis) is 1. The maximum absolute atomic E-state index is 13.0. The number of benzene rings is 2. The van der Waals surface area contributed by atoms with Gasteiger partial charge in [0, 0.05) is 31.2 Å². The molecule has 1 aliphatic rings. The number of aliphatic carboxylic acids is 1. The Bertz CT molecular complexity index is 1140. The van der Waals surface area contributed by atoms with Gasteiger partial charge >= 0.3 is 12.1 Å². The smallest absolute Gasteiger partial charge is 0.407 e. The Hall–Kier alpha value is -3.88. The average Bonchev–Trinajstić information content (AvgIpc) is 3.15. The number of hydrogen-bond donors (Lipinski definition) is 3. The summed E-state index contributed by atoms with van der Waals surface area (Å²) in [7, 11) is 0. The summed E-state index contributed by atoms with van der Waals surface area (Å²) < 4.78 is 5.24. The van der Waals surface area contributed by atoms with Crippen LogP contribution >= 0.6 is 0 Å². The number of amides is 3. The molecule has 1 saturated heterocycles. The Balaban J connectivity index is 1.55. The number of carboxylic acids is 1. The predicted molar refractivity (Wildman–Crippen MR) is 147 cm³/mol. The van der Waals surface area contributed by atoms with Crippen molar-refractivity contribution < 1.29 is 29.0 Å². The van der Waals surface area contributed by atoms with Crippen LogP contribution in [0.5, 0.6) is 0 Å². The van der Waals surface area contributed by atoms with Gasteiger partial charge < -0.3 is 25.4 Å². The molecule has 39 heavy (non-hydrogen) atoms. The first-order valence-corrected chi connectivity index (χ1v) is 13.4. The fourth-order valence-electron chi connectivity index (χ4n) is 4.74. The van der Waals surface area contributed by atoms with Crippen molar-refractivity contribution >= 4 is 23.9 Å². The lowest BCUT2D eigenvalue weighted by Crippen LogP contribution is -2.42. The first-order chi connectivity index (χ1) is 18.5. The highest BCUT2D eigenvalue weighted by Crippen LogP contribution is 2.27. The van der Waals surface area contributed by atoms with Crippen molar-refractivity contribution in [3.05, 3.63) is 71.3 Å². The molecular weight excluding hydrogens is 498 g/mol. The van der Waals surface area contributed by atoms with Gasteiger partial charge in [0.15, 0.2) is 0 Å². The Morgan fingerprint density at radius 3 is 2.41 bits per heavy atom. The molecule has 0 bridgehead atoms. The molecule has 0 spiro atoms. The molecule has 1 aliphatic heterocycles. The lowest BCUT2D eigenvalue weighted by molar-refractivity contribution is -0.142. The van der Waals surface area contributed by atoms with Crippen LogP contribution in [0.2, 0.25) is 0 Å². The minimum atomic E-state index is -1.000. The molecule has 210 valence electrons. The van der Waals surface area contributed by atoms with Gasteiger partial charge in [-0.3, -0.25) is 14.4 Å². The molecule has 2 aromatic carbocycles. The zero-order valence-corrected chi connectivity index (χ0v) is 22.9. The first kappa shape index (κ1) is 29.7. The number of carbonyl (C=O) groups excluding carboxylic acids is 3. The maximum Gasteiger partial charge on any atom is 0.407 e. The van der Waals surface area contributed by atoms with E-state index in [2.05, 4.69) is 10.6 Å². The summed E-state index contributed by atoms with van der Waals surface area (Å²) in [5, 5.41) is 14.9. The Kier molecular flexibility index (Phi) is 10.5. The second-order valence-corrected chi connectivity index (χ2v) is 10.9. The van der Waals surface area contributed by atoms with Crippen molar-refractivity contribution in [2.24, 2.45) is 5.92 Å². The standard InChI is InChI=1S/C30H39N3O6/c1-30(2,3)39-29(38)31-15-14-22-11-7-13-23(17-22)27(36)32-20-25-18-24(19-26(34)35)28(37)33(25)16-8-12-21-9-5-4-6-10-21/h4-7,9-11,13,17,24-25H,8,12,14-16,18-20H2,1-3H3,(H,31,38)(H,32,36)(H,34,35)/t24-,25-/m0/s1. The third-order valence-corrected chi connectivity index (χ3v) is 6.53. The highest BCUT2D eigenvalue weighted by Gasteiger charge is 2.40. The fraction of sp³-hybridized carbons (Fsp3) is 0.467. The normalized spacial score (nSPS) is 17.1. The highest BCUT2D eigenvalue weighted by molar-refractivity contribution is 5.94. The number of rotatable bonds is 12. The number of ether oxygens (including phenoxy) is 1. The summed E-state index contributed by atoms with van der Waals surface area (Å²) in [6.45, 7) is 6.51. The monoisotopic (exact) mass is 537 g/mol. The molecule has 9 nitrogen and oxygen atoms in total. The number of carbonyl (C=O) groups is 4. The van der Waals surface area contributed by atoms with Crippen LogP contribution in [0.3, 0.4) is 0 Å². The molecular formula is C30H39N3O6. The lowest BCUT2D eigenvalue weighted by atomic mass is 10.0. The van der Waals surface area contributed by atoms with Crippen LogP contribution in [-0.2, 0) is 27.2 Å². The molecule has 3 amide bonds. The van der Waals surface area contributed by atoms with Gasteiger partial charge in [0.05, 0.1) is 12.3 Å². The van der Waals surface area contributed by atoms with Gasteiger partial charge in [-0.2, -0.15) is 0 Å². The van der Waals surface area contributed by atoms with Gasteiger partial charge in [-0.25, -0.2) is 4.79 Å². The molecule has 0 aromatic heterocycles. The first-order valence-electron chi connectivity index (χ1n) is 13.4. The molecule has 3 rings (SSSR count). The average molecular weight is 538 g/mol. The van der Waals surface area contributed by atoms with E-state index in [4.69, 9.17) is 4.74 Å². The minimum absolute atomic E-state index is 0.163. The van der Waals surface area contributed by atoms with E-state index in [1.54, 1.807) is 43.9 Å². The lowest BCUT2D eigenvalue weighted by Gasteiger charge is -2.25. The van der Waals surface area contributed by atoms with Crippen molar-refractivity contribution in [2.75, 3.05) is 19.6 Å². The number of carboxylic acid groups (broad SMARTS) is 1. The van der Waals surface area contributed by atoms with Gasteiger partial charge in [0.25, 0.3) is 5.91 Å². The van der Waals surface area contributed by atoms with Crippen molar-refractivity contribution in [1.82, 2.24) is 15.5 Å². The predicted octanol–water partition coefficient (Wildman–Crippen LogP) is 3.81. The molecule has 0 unspecified atom stereocenters. The van der Waals surface area contributed by atoms with E-state index in [9.17, 15) is 24.3 Å². The number of aryl methyl sites for hydroxylation is 1. The molecule has 1 heterocycles. The number of nitrogens with one attached hydrogen (secondary N) is 2. The van der Waals surface area contributed by atoms with Gasteiger partial charge in [0.2, 0.25) is 5.91 Å². The molecule has 0 aliphatic carbocycles. The van der Waals surface area contributed by atoms with Crippen LogP contribution in [-0.4, -0.2) is 65.2 Å². The van der Waals surface area contributed by atoms with E-state index < -0.39 is 23.6 Å². The van der Waals surface area contributed by atoms with Crippen molar-refractivity contribution in [1.29, 1.82) is 0 Å². The molecule has 2 atom stereocenters. The van der Waals surface area contributed by atoms with E-state index >= 15 is 0 Å². The molecule has 2 aromatic rings. The van der Waals surface area contributed by atoms with Crippen LogP contribution < -0.4 is 10.6 Å². The van der Waals surface area contributed by atoms with Crippen molar-refractivity contribution in [2.45, 2.75) is 64.5 Å². The van der Waals surface area contributed by atoms with Crippen LogP contribution in [0, 0.1) is 5.92 Å². The quantitative estimate of drug-likeness (QED) is 0.378. The summed E-state index contributed by atoms with van der Waals surface area (Å²) in [5.41, 5.74) is 1.97. The minimum Gasteiger partial charge on any atom is -0.481 e. The third-order valence-electron chi connectivity index (χ3n) is 6.53. The number of nitrogens with zero attached hydrogens (tertiary/aromatic N) is 1.